The minimum Gasteiger partial charge on any atom is -0.395 e. The zero-order valence-corrected chi connectivity index (χ0v) is 11.2. The summed E-state index contributed by atoms with van der Waals surface area (Å²) in [4.78, 5) is 0. The quantitative estimate of drug-likeness (QED) is 0.832. The Labute approximate surface area is 111 Å². The predicted octanol–water partition coefficient (Wildman–Crippen LogP) is 4.39. The predicted molar refractivity (Wildman–Crippen MR) is 69.9 cm³/mol. The fraction of sp³-hybridized carbons (Fsp3) is 0.571. The molecule has 0 aromatic heterocycles. The van der Waals surface area contributed by atoms with Gasteiger partial charge in [-0.25, -0.2) is 0 Å². The standard InChI is InChI=1S/C14H19F2NO2/c1-3-5-10(6-4-2)17-11-7-8-12-13(9-11)19-14(15,16)18-12/h7-10,17H,3-6H2,1-2H3. The Balaban J connectivity index is 2.06. The molecule has 1 aromatic rings. The van der Waals surface area contributed by atoms with E-state index in [-0.39, 0.29) is 11.5 Å². The first kappa shape index (κ1) is 13.9. The van der Waals surface area contributed by atoms with Crippen LogP contribution in [0.25, 0.3) is 0 Å². The highest BCUT2D eigenvalue weighted by Gasteiger charge is 2.43. The number of benzene rings is 1. The van der Waals surface area contributed by atoms with Crippen molar-refractivity contribution < 1.29 is 18.3 Å². The van der Waals surface area contributed by atoms with Crippen LogP contribution in [0, 0.1) is 0 Å². The molecule has 106 valence electrons. The number of fused-ring (bicyclic) bond motifs is 1. The average Bonchev–Trinajstić information content (AvgIpc) is 2.63. The van der Waals surface area contributed by atoms with E-state index >= 15 is 0 Å². The monoisotopic (exact) mass is 271 g/mol. The Morgan fingerprint density at radius 1 is 1.11 bits per heavy atom. The van der Waals surface area contributed by atoms with Gasteiger partial charge in [0.15, 0.2) is 11.5 Å². The van der Waals surface area contributed by atoms with Crippen molar-refractivity contribution in [1.82, 2.24) is 0 Å². The molecule has 1 heterocycles. The lowest BCUT2D eigenvalue weighted by atomic mass is 10.1. The maximum atomic E-state index is 12.9. The van der Waals surface area contributed by atoms with E-state index in [1.807, 2.05) is 0 Å². The lowest BCUT2D eigenvalue weighted by molar-refractivity contribution is -0.286. The fourth-order valence-electron chi connectivity index (χ4n) is 2.26. The van der Waals surface area contributed by atoms with Crippen LogP contribution in [0.3, 0.4) is 0 Å². The molecule has 1 aromatic carbocycles. The molecule has 0 amide bonds. The largest absolute Gasteiger partial charge is 0.586 e. The van der Waals surface area contributed by atoms with Gasteiger partial charge in [0, 0.05) is 17.8 Å². The lowest BCUT2D eigenvalue weighted by Gasteiger charge is -2.18. The molecular formula is C14H19F2NO2. The number of anilines is 1. The fourth-order valence-corrected chi connectivity index (χ4v) is 2.26. The van der Waals surface area contributed by atoms with Gasteiger partial charge in [0.1, 0.15) is 0 Å². The zero-order chi connectivity index (χ0) is 13.9. The highest BCUT2D eigenvalue weighted by Crippen LogP contribution is 2.42. The van der Waals surface area contributed by atoms with E-state index in [0.29, 0.717) is 6.04 Å². The van der Waals surface area contributed by atoms with E-state index in [1.54, 1.807) is 12.1 Å². The van der Waals surface area contributed by atoms with Crippen molar-refractivity contribution in [3.05, 3.63) is 18.2 Å². The number of ether oxygens (including phenoxy) is 2. The molecule has 0 atom stereocenters. The van der Waals surface area contributed by atoms with Crippen molar-refractivity contribution in [3.63, 3.8) is 0 Å². The molecule has 0 radical (unpaired) electrons. The van der Waals surface area contributed by atoms with Gasteiger partial charge in [-0.3, -0.25) is 0 Å². The summed E-state index contributed by atoms with van der Waals surface area (Å²) in [5.41, 5.74) is 0.784. The Hall–Kier alpha value is -1.52. The van der Waals surface area contributed by atoms with Gasteiger partial charge in [-0.15, -0.1) is 8.78 Å². The summed E-state index contributed by atoms with van der Waals surface area (Å²) in [7, 11) is 0. The molecule has 3 nitrogen and oxygen atoms in total. The molecule has 1 aliphatic rings. The van der Waals surface area contributed by atoms with Gasteiger partial charge in [0.2, 0.25) is 0 Å². The summed E-state index contributed by atoms with van der Waals surface area (Å²) < 4.78 is 34.6. The topological polar surface area (TPSA) is 30.5 Å². The van der Waals surface area contributed by atoms with Crippen LogP contribution in [-0.4, -0.2) is 12.3 Å². The highest BCUT2D eigenvalue weighted by atomic mass is 19.3. The second-order valence-corrected chi connectivity index (χ2v) is 4.75. The van der Waals surface area contributed by atoms with Gasteiger partial charge in [-0.2, -0.15) is 0 Å². The molecule has 0 aliphatic carbocycles. The van der Waals surface area contributed by atoms with Crippen molar-refractivity contribution >= 4 is 5.69 Å². The number of halogens is 2. The molecule has 19 heavy (non-hydrogen) atoms. The maximum absolute atomic E-state index is 12.9. The first-order valence-electron chi connectivity index (χ1n) is 6.70. The SMILES string of the molecule is CCCC(CCC)Nc1ccc2c(c1)OC(F)(F)O2. The zero-order valence-electron chi connectivity index (χ0n) is 11.2. The first-order chi connectivity index (χ1) is 9.04. The van der Waals surface area contributed by atoms with Crippen LogP contribution in [0.5, 0.6) is 11.5 Å². The Morgan fingerprint density at radius 2 is 1.74 bits per heavy atom. The summed E-state index contributed by atoms with van der Waals surface area (Å²) in [5.74, 6) is 0.167. The Bertz CT molecular complexity index is 431. The summed E-state index contributed by atoms with van der Waals surface area (Å²) >= 11 is 0. The normalized spacial score (nSPS) is 15.8. The number of hydrogen-bond donors (Lipinski definition) is 1. The van der Waals surface area contributed by atoms with E-state index in [0.717, 1.165) is 31.4 Å². The van der Waals surface area contributed by atoms with Crippen LogP contribution < -0.4 is 14.8 Å². The van der Waals surface area contributed by atoms with Crippen molar-refractivity contribution in [3.8, 4) is 11.5 Å². The number of nitrogens with one attached hydrogen (secondary N) is 1. The minimum absolute atomic E-state index is 0.0816. The smallest absolute Gasteiger partial charge is 0.395 e. The molecule has 2 rings (SSSR count). The van der Waals surface area contributed by atoms with Gasteiger partial charge >= 0.3 is 6.29 Å². The van der Waals surface area contributed by atoms with E-state index in [2.05, 4.69) is 28.6 Å². The second kappa shape index (κ2) is 5.63. The molecule has 1 N–H and O–H groups in total. The molecule has 0 saturated carbocycles. The molecule has 0 fully saturated rings. The summed E-state index contributed by atoms with van der Waals surface area (Å²) in [6.45, 7) is 4.26. The maximum Gasteiger partial charge on any atom is 0.586 e. The minimum atomic E-state index is -3.55. The van der Waals surface area contributed by atoms with Crippen molar-refractivity contribution in [1.29, 1.82) is 0 Å². The molecule has 0 spiro atoms. The van der Waals surface area contributed by atoms with Gasteiger partial charge in [-0.1, -0.05) is 26.7 Å². The highest BCUT2D eigenvalue weighted by molar-refractivity contribution is 5.56. The third-order valence-electron chi connectivity index (χ3n) is 3.05. The molecule has 0 unspecified atom stereocenters. The average molecular weight is 271 g/mol. The Morgan fingerprint density at radius 3 is 2.37 bits per heavy atom. The third-order valence-corrected chi connectivity index (χ3v) is 3.05. The molecular weight excluding hydrogens is 252 g/mol. The Kier molecular flexibility index (Phi) is 4.12. The second-order valence-electron chi connectivity index (χ2n) is 4.75. The number of rotatable bonds is 6. The van der Waals surface area contributed by atoms with Crippen molar-refractivity contribution in [2.45, 2.75) is 51.9 Å². The molecule has 1 aliphatic heterocycles. The lowest BCUT2D eigenvalue weighted by Crippen LogP contribution is -2.25. The first-order valence-corrected chi connectivity index (χ1v) is 6.70. The summed E-state index contributed by atoms with van der Waals surface area (Å²) in [6.07, 6.45) is 0.727. The summed E-state index contributed by atoms with van der Waals surface area (Å²) in [6, 6.07) is 5.17. The van der Waals surface area contributed by atoms with Crippen LogP contribution in [0.2, 0.25) is 0 Å². The van der Waals surface area contributed by atoms with Crippen LogP contribution in [0.1, 0.15) is 39.5 Å². The van der Waals surface area contributed by atoms with E-state index < -0.39 is 6.29 Å². The van der Waals surface area contributed by atoms with Crippen LogP contribution >= 0.6 is 0 Å². The van der Waals surface area contributed by atoms with Gasteiger partial charge in [0.25, 0.3) is 0 Å². The van der Waals surface area contributed by atoms with Crippen LogP contribution in [0.4, 0.5) is 14.5 Å². The van der Waals surface area contributed by atoms with Gasteiger partial charge in [0.05, 0.1) is 0 Å². The number of alkyl halides is 2. The van der Waals surface area contributed by atoms with E-state index in [1.165, 1.54) is 6.07 Å². The number of hydrogen-bond acceptors (Lipinski definition) is 3. The molecule has 0 bridgehead atoms. The van der Waals surface area contributed by atoms with Crippen molar-refractivity contribution in [2.24, 2.45) is 0 Å². The molecule has 0 saturated heterocycles. The van der Waals surface area contributed by atoms with Crippen LogP contribution in [-0.2, 0) is 0 Å². The van der Waals surface area contributed by atoms with Gasteiger partial charge in [-0.05, 0) is 25.0 Å². The van der Waals surface area contributed by atoms with Crippen LogP contribution in [0.15, 0.2) is 18.2 Å². The van der Waals surface area contributed by atoms with E-state index in [9.17, 15) is 8.78 Å². The molecule has 5 heteroatoms. The van der Waals surface area contributed by atoms with Crippen molar-refractivity contribution in [2.75, 3.05) is 5.32 Å². The van der Waals surface area contributed by atoms with Gasteiger partial charge < -0.3 is 14.8 Å². The van der Waals surface area contributed by atoms with E-state index in [4.69, 9.17) is 0 Å². The third kappa shape index (κ3) is 3.49. The summed E-state index contributed by atoms with van der Waals surface area (Å²) in [5, 5.41) is 3.36.